The molecule has 0 radical (unpaired) electrons. The van der Waals surface area contributed by atoms with Crippen LogP contribution in [0.4, 0.5) is 0 Å². The fourth-order valence-corrected chi connectivity index (χ4v) is 2.98. The second-order valence-electron chi connectivity index (χ2n) is 5.90. The van der Waals surface area contributed by atoms with Crippen LogP contribution in [0.2, 0.25) is 5.02 Å². The number of halogens is 1. The van der Waals surface area contributed by atoms with E-state index in [9.17, 15) is 0 Å². The predicted octanol–water partition coefficient (Wildman–Crippen LogP) is 4.80. The Hall–Kier alpha value is -0.730. The van der Waals surface area contributed by atoms with Gasteiger partial charge in [0.2, 0.25) is 0 Å². The number of para-hydroxylation sites is 1. The molecule has 0 saturated heterocycles. The molecule has 1 saturated carbocycles. The Morgan fingerprint density at radius 2 is 2.00 bits per heavy atom. The van der Waals surface area contributed by atoms with Crippen molar-refractivity contribution in [3.63, 3.8) is 0 Å². The van der Waals surface area contributed by atoms with E-state index in [0.717, 1.165) is 49.0 Å². The minimum atomic E-state index is 0.330. The topological polar surface area (TPSA) is 21.3 Å². The Bertz CT molecular complexity index is 413. The van der Waals surface area contributed by atoms with Gasteiger partial charge in [0.1, 0.15) is 5.75 Å². The summed E-state index contributed by atoms with van der Waals surface area (Å²) in [7, 11) is 0. The van der Waals surface area contributed by atoms with Crippen molar-refractivity contribution < 1.29 is 4.74 Å². The molecule has 112 valence electrons. The second-order valence-corrected chi connectivity index (χ2v) is 6.31. The lowest BCUT2D eigenvalue weighted by atomic mass is 9.89. The molecular formula is C17H26ClNO. The highest BCUT2D eigenvalue weighted by molar-refractivity contribution is 6.32. The monoisotopic (exact) mass is 295 g/mol. The Kier molecular flexibility index (Phi) is 6.18. The first kappa shape index (κ1) is 15.7. The molecule has 2 nitrogen and oxygen atoms in total. The lowest BCUT2D eigenvalue weighted by Crippen LogP contribution is -2.24. The van der Waals surface area contributed by atoms with E-state index in [1.807, 2.05) is 12.1 Å². The van der Waals surface area contributed by atoms with Crippen LogP contribution >= 0.6 is 11.6 Å². The summed E-state index contributed by atoms with van der Waals surface area (Å²) in [6.45, 7) is 6.34. The van der Waals surface area contributed by atoms with Gasteiger partial charge in [-0.1, -0.05) is 37.6 Å². The smallest absolute Gasteiger partial charge is 0.142 e. The van der Waals surface area contributed by atoms with Crippen molar-refractivity contribution in [3.8, 4) is 5.75 Å². The molecule has 0 spiro atoms. The molecule has 0 bridgehead atoms. The quantitative estimate of drug-likeness (QED) is 0.761. The number of hydrogen-bond donors (Lipinski definition) is 1. The Morgan fingerprint density at radius 1 is 1.25 bits per heavy atom. The summed E-state index contributed by atoms with van der Waals surface area (Å²) < 4.78 is 6.22. The largest absolute Gasteiger partial charge is 0.489 e. The highest BCUT2D eigenvalue weighted by Crippen LogP contribution is 2.33. The Balaban J connectivity index is 2.01. The van der Waals surface area contributed by atoms with E-state index in [1.54, 1.807) is 0 Å². The highest BCUT2D eigenvalue weighted by Gasteiger charge is 2.21. The van der Waals surface area contributed by atoms with Gasteiger partial charge in [-0.25, -0.2) is 0 Å². The molecule has 1 fully saturated rings. The van der Waals surface area contributed by atoms with Crippen LogP contribution in [0, 0.1) is 5.92 Å². The van der Waals surface area contributed by atoms with Crippen molar-refractivity contribution in [2.24, 2.45) is 5.92 Å². The maximum Gasteiger partial charge on any atom is 0.142 e. The zero-order valence-electron chi connectivity index (χ0n) is 12.6. The Labute approximate surface area is 127 Å². The SMILES string of the molecule is CCCNCc1cccc(Cl)c1OC1CCC(C)CC1. The summed E-state index contributed by atoms with van der Waals surface area (Å²) in [5, 5.41) is 4.16. The lowest BCUT2D eigenvalue weighted by Gasteiger charge is -2.28. The standard InChI is InChI=1S/C17H26ClNO/c1-3-11-19-12-14-5-4-6-16(18)17(14)20-15-9-7-13(2)8-10-15/h4-6,13,15,19H,3,7-12H2,1-2H3. The average molecular weight is 296 g/mol. The molecule has 1 aromatic rings. The van der Waals surface area contributed by atoms with Crippen molar-refractivity contribution >= 4 is 11.6 Å². The zero-order chi connectivity index (χ0) is 14.4. The van der Waals surface area contributed by atoms with Gasteiger partial charge in [-0.15, -0.1) is 0 Å². The molecule has 20 heavy (non-hydrogen) atoms. The van der Waals surface area contributed by atoms with E-state index >= 15 is 0 Å². The van der Waals surface area contributed by atoms with E-state index < -0.39 is 0 Å². The number of nitrogens with one attached hydrogen (secondary N) is 1. The zero-order valence-corrected chi connectivity index (χ0v) is 13.4. The van der Waals surface area contributed by atoms with Gasteiger partial charge in [-0.3, -0.25) is 0 Å². The normalized spacial score (nSPS) is 22.8. The number of benzene rings is 1. The molecule has 0 aromatic heterocycles. The second kappa shape index (κ2) is 7.90. The van der Waals surface area contributed by atoms with Gasteiger partial charge in [0.25, 0.3) is 0 Å². The van der Waals surface area contributed by atoms with Gasteiger partial charge in [0.05, 0.1) is 11.1 Å². The van der Waals surface area contributed by atoms with Gasteiger partial charge in [-0.05, 0) is 50.6 Å². The van der Waals surface area contributed by atoms with Crippen LogP contribution in [0.3, 0.4) is 0 Å². The molecule has 0 unspecified atom stereocenters. The van der Waals surface area contributed by atoms with Crippen LogP contribution in [0.5, 0.6) is 5.75 Å². The van der Waals surface area contributed by atoms with Crippen molar-refractivity contribution in [1.29, 1.82) is 0 Å². The van der Waals surface area contributed by atoms with E-state index in [2.05, 4.69) is 25.2 Å². The van der Waals surface area contributed by atoms with Crippen LogP contribution < -0.4 is 10.1 Å². The summed E-state index contributed by atoms with van der Waals surface area (Å²) in [5.41, 5.74) is 1.17. The molecular weight excluding hydrogens is 270 g/mol. The summed E-state index contributed by atoms with van der Waals surface area (Å²) in [4.78, 5) is 0. The van der Waals surface area contributed by atoms with Gasteiger partial charge in [0, 0.05) is 12.1 Å². The molecule has 3 heteroatoms. The van der Waals surface area contributed by atoms with Crippen LogP contribution in [-0.2, 0) is 6.54 Å². The molecule has 1 aromatic carbocycles. The minimum Gasteiger partial charge on any atom is -0.489 e. The fraction of sp³-hybridized carbons (Fsp3) is 0.647. The molecule has 0 heterocycles. The minimum absolute atomic E-state index is 0.330. The molecule has 0 atom stereocenters. The van der Waals surface area contributed by atoms with Crippen LogP contribution in [-0.4, -0.2) is 12.6 Å². The van der Waals surface area contributed by atoms with E-state index in [-0.39, 0.29) is 0 Å². The molecule has 1 aliphatic rings. The predicted molar refractivity (Wildman–Crippen MR) is 85.5 cm³/mol. The first-order valence-corrected chi connectivity index (χ1v) is 8.23. The van der Waals surface area contributed by atoms with Crippen LogP contribution in [0.25, 0.3) is 0 Å². The first-order chi connectivity index (χ1) is 9.70. The fourth-order valence-electron chi connectivity index (χ4n) is 2.74. The van der Waals surface area contributed by atoms with Crippen LogP contribution in [0.1, 0.15) is 51.5 Å². The van der Waals surface area contributed by atoms with Crippen LogP contribution in [0.15, 0.2) is 18.2 Å². The van der Waals surface area contributed by atoms with Crippen molar-refractivity contribution in [2.45, 2.75) is 58.6 Å². The van der Waals surface area contributed by atoms with Crippen molar-refractivity contribution in [3.05, 3.63) is 28.8 Å². The maximum absolute atomic E-state index is 6.34. The first-order valence-electron chi connectivity index (χ1n) is 7.85. The Morgan fingerprint density at radius 3 is 2.70 bits per heavy atom. The van der Waals surface area contributed by atoms with E-state index in [1.165, 1.54) is 18.4 Å². The van der Waals surface area contributed by atoms with Crippen molar-refractivity contribution in [2.75, 3.05) is 6.54 Å². The maximum atomic E-state index is 6.34. The number of hydrogen-bond acceptors (Lipinski definition) is 2. The average Bonchev–Trinajstić information content (AvgIpc) is 2.45. The molecule has 0 aliphatic heterocycles. The van der Waals surface area contributed by atoms with Gasteiger partial charge < -0.3 is 10.1 Å². The summed E-state index contributed by atoms with van der Waals surface area (Å²) in [5.74, 6) is 1.73. The molecule has 0 amide bonds. The third kappa shape index (κ3) is 4.39. The molecule has 1 aliphatic carbocycles. The summed E-state index contributed by atoms with van der Waals surface area (Å²) in [6, 6.07) is 6.03. The van der Waals surface area contributed by atoms with E-state index in [4.69, 9.17) is 16.3 Å². The van der Waals surface area contributed by atoms with Crippen molar-refractivity contribution in [1.82, 2.24) is 5.32 Å². The summed E-state index contributed by atoms with van der Waals surface area (Å²) in [6.07, 6.45) is 6.28. The van der Waals surface area contributed by atoms with E-state index in [0.29, 0.717) is 6.10 Å². The van der Waals surface area contributed by atoms with Gasteiger partial charge in [0.15, 0.2) is 0 Å². The summed E-state index contributed by atoms with van der Waals surface area (Å²) >= 11 is 6.34. The highest BCUT2D eigenvalue weighted by atomic mass is 35.5. The lowest BCUT2D eigenvalue weighted by molar-refractivity contribution is 0.134. The third-order valence-electron chi connectivity index (χ3n) is 4.04. The number of rotatable bonds is 6. The van der Waals surface area contributed by atoms with Gasteiger partial charge in [-0.2, -0.15) is 0 Å². The molecule has 2 rings (SSSR count). The molecule has 1 N–H and O–H groups in total. The van der Waals surface area contributed by atoms with Gasteiger partial charge >= 0.3 is 0 Å². The third-order valence-corrected chi connectivity index (χ3v) is 4.34. The number of ether oxygens (including phenoxy) is 1.